The van der Waals surface area contributed by atoms with Crippen molar-refractivity contribution in [1.82, 2.24) is 0 Å². The monoisotopic (exact) mass is 330 g/mol. The van der Waals surface area contributed by atoms with Crippen molar-refractivity contribution in [3.05, 3.63) is 65.0 Å². The van der Waals surface area contributed by atoms with Crippen LogP contribution in [0.3, 0.4) is 0 Å². The Kier molecular flexibility index (Phi) is 5.15. The number of aryl methyl sites for hydroxylation is 1. The van der Waals surface area contributed by atoms with E-state index < -0.39 is 12.1 Å². The van der Waals surface area contributed by atoms with Crippen LogP contribution in [0, 0.1) is 12.7 Å². The summed E-state index contributed by atoms with van der Waals surface area (Å²) in [5.74, 6) is -1.20. The van der Waals surface area contributed by atoms with E-state index in [1.165, 1.54) is 24.3 Å². The zero-order valence-electron chi connectivity index (χ0n) is 13.4. The van der Waals surface area contributed by atoms with Crippen molar-refractivity contribution >= 4 is 17.6 Å². The lowest BCUT2D eigenvalue weighted by Crippen LogP contribution is -2.25. The van der Waals surface area contributed by atoms with Crippen LogP contribution in [-0.2, 0) is 0 Å². The van der Waals surface area contributed by atoms with Crippen LogP contribution in [0.15, 0.2) is 47.5 Å². The molecule has 0 aliphatic carbocycles. The van der Waals surface area contributed by atoms with Crippen LogP contribution in [0.2, 0.25) is 0 Å². The minimum absolute atomic E-state index is 0.300. The van der Waals surface area contributed by atoms with E-state index in [4.69, 9.17) is 11.5 Å². The normalized spacial score (nSPS) is 11.7. The van der Waals surface area contributed by atoms with E-state index in [-0.39, 0.29) is 11.8 Å². The van der Waals surface area contributed by atoms with Crippen LogP contribution in [0.4, 0.5) is 10.1 Å². The number of carbonyl (C=O) groups excluding carboxylic acids is 1. The molecule has 1 unspecified atom stereocenters. The number of rotatable bonds is 4. The van der Waals surface area contributed by atoms with Gasteiger partial charge in [-0.25, -0.2) is 4.39 Å². The Balaban J connectivity index is 2.26. The van der Waals surface area contributed by atoms with Crippen LogP contribution in [0.1, 0.15) is 27.7 Å². The Hall–Kier alpha value is -2.93. The van der Waals surface area contributed by atoms with Crippen molar-refractivity contribution in [3.8, 4) is 0 Å². The summed E-state index contributed by atoms with van der Waals surface area (Å²) in [5.41, 5.74) is 12.8. The molecule has 0 aliphatic heterocycles. The fourth-order valence-corrected chi connectivity index (χ4v) is 2.36. The van der Waals surface area contributed by atoms with Gasteiger partial charge in [-0.2, -0.15) is 4.99 Å². The number of carbonyl (C=O) groups is 1. The molecule has 0 radical (unpaired) electrons. The molecule has 6 nitrogen and oxygen atoms in total. The molecule has 0 saturated carbocycles. The first-order valence-corrected chi connectivity index (χ1v) is 7.20. The lowest BCUT2D eigenvalue weighted by molar-refractivity contribution is 0.100. The number of halogens is 1. The molecular weight excluding hydrogens is 311 g/mol. The smallest absolute Gasteiger partial charge is 0.280 e. The highest BCUT2D eigenvalue weighted by atomic mass is 19.1. The van der Waals surface area contributed by atoms with Crippen LogP contribution in [0.25, 0.3) is 0 Å². The number of aliphatic imine (C=N–C) groups is 1. The molecule has 0 fully saturated rings. The van der Waals surface area contributed by atoms with E-state index in [9.17, 15) is 14.3 Å². The second-order valence-electron chi connectivity index (χ2n) is 5.38. The number of hydrogen-bond donors (Lipinski definition) is 3. The van der Waals surface area contributed by atoms with Gasteiger partial charge < -0.3 is 21.5 Å². The number of amides is 1. The summed E-state index contributed by atoms with van der Waals surface area (Å²) >= 11 is 0. The average Bonchev–Trinajstić information content (AvgIpc) is 2.53. The van der Waals surface area contributed by atoms with Gasteiger partial charge in [-0.3, -0.25) is 4.79 Å². The third-order valence-corrected chi connectivity index (χ3v) is 3.59. The summed E-state index contributed by atoms with van der Waals surface area (Å²) in [4.78, 5) is 16.9. The summed E-state index contributed by atoms with van der Waals surface area (Å²) in [6.07, 6.45) is -0.955. The van der Waals surface area contributed by atoms with Crippen molar-refractivity contribution in [2.75, 3.05) is 11.9 Å². The SMILES string of the molecule is Cc1cc(C(=O)N=C(N)N)ccc1N(C)C(O)c1ccc(F)cc1. The molecule has 126 valence electrons. The highest BCUT2D eigenvalue weighted by molar-refractivity contribution is 6.02. The molecule has 0 bridgehead atoms. The number of nitrogens with two attached hydrogens (primary N) is 2. The van der Waals surface area contributed by atoms with Gasteiger partial charge in [-0.05, 0) is 42.8 Å². The molecule has 1 amide bonds. The van der Waals surface area contributed by atoms with E-state index in [0.717, 1.165) is 5.56 Å². The lowest BCUT2D eigenvalue weighted by atomic mass is 10.1. The molecule has 0 aliphatic rings. The highest BCUT2D eigenvalue weighted by Gasteiger charge is 2.17. The first-order valence-electron chi connectivity index (χ1n) is 7.20. The Morgan fingerprint density at radius 2 is 1.83 bits per heavy atom. The molecule has 0 heterocycles. The Labute approximate surface area is 139 Å². The van der Waals surface area contributed by atoms with E-state index in [1.807, 2.05) is 0 Å². The maximum Gasteiger partial charge on any atom is 0.280 e. The van der Waals surface area contributed by atoms with Crippen molar-refractivity contribution in [1.29, 1.82) is 0 Å². The summed E-state index contributed by atoms with van der Waals surface area (Å²) in [6.45, 7) is 1.80. The number of benzene rings is 2. The third kappa shape index (κ3) is 3.88. The average molecular weight is 330 g/mol. The summed E-state index contributed by atoms with van der Waals surface area (Å²) < 4.78 is 13.0. The van der Waals surface area contributed by atoms with E-state index >= 15 is 0 Å². The van der Waals surface area contributed by atoms with Crippen LogP contribution < -0.4 is 16.4 Å². The van der Waals surface area contributed by atoms with Crippen molar-refractivity contribution < 1.29 is 14.3 Å². The zero-order chi connectivity index (χ0) is 17.9. The number of aliphatic hydroxyl groups is 1. The standard InChI is InChI=1S/C17H19FN4O2/c1-10-9-12(15(23)21-17(19)20)5-8-14(10)22(2)16(24)11-3-6-13(18)7-4-11/h3-9,16,24H,1-2H3,(H4,19,20,21,23). The van der Waals surface area contributed by atoms with Crippen LogP contribution in [-0.4, -0.2) is 24.0 Å². The molecule has 7 heteroatoms. The Bertz CT molecular complexity index is 771. The second kappa shape index (κ2) is 7.10. The van der Waals surface area contributed by atoms with Gasteiger partial charge in [0.25, 0.3) is 5.91 Å². The second-order valence-corrected chi connectivity index (χ2v) is 5.38. The third-order valence-electron chi connectivity index (χ3n) is 3.59. The molecule has 0 spiro atoms. The molecule has 0 saturated heterocycles. The number of guanidine groups is 1. The fourth-order valence-electron chi connectivity index (χ4n) is 2.36. The summed E-state index contributed by atoms with van der Waals surface area (Å²) in [5, 5.41) is 10.4. The van der Waals surface area contributed by atoms with Crippen LogP contribution in [0.5, 0.6) is 0 Å². The molecule has 2 rings (SSSR count). The molecule has 24 heavy (non-hydrogen) atoms. The van der Waals surface area contributed by atoms with Gasteiger partial charge in [0.1, 0.15) is 5.82 Å². The van der Waals surface area contributed by atoms with Gasteiger partial charge >= 0.3 is 0 Å². The van der Waals surface area contributed by atoms with Gasteiger partial charge in [0.15, 0.2) is 12.2 Å². The maximum atomic E-state index is 13.0. The lowest BCUT2D eigenvalue weighted by Gasteiger charge is -2.27. The maximum absolute atomic E-state index is 13.0. The van der Waals surface area contributed by atoms with Gasteiger partial charge in [0, 0.05) is 23.9 Å². The highest BCUT2D eigenvalue weighted by Crippen LogP contribution is 2.27. The van der Waals surface area contributed by atoms with Gasteiger partial charge in [-0.15, -0.1) is 0 Å². The van der Waals surface area contributed by atoms with Gasteiger partial charge in [0.05, 0.1) is 0 Å². The predicted molar refractivity (Wildman–Crippen MR) is 91.1 cm³/mol. The van der Waals surface area contributed by atoms with Gasteiger partial charge in [0.2, 0.25) is 0 Å². The van der Waals surface area contributed by atoms with Gasteiger partial charge in [-0.1, -0.05) is 12.1 Å². The quantitative estimate of drug-likeness (QED) is 0.449. The first kappa shape index (κ1) is 17.4. The fraction of sp³-hybridized carbons (Fsp3) is 0.176. The predicted octanol–water partition coefficient (Wildman–Crippen LogP) is 1.68. The topological polar surface area (TPSA) is 105 Å². The zero-order valence-corrected chi connectivity index (χ0v) is 13.4. The van der Waals surface area contributed by atoms with E-state index in [1.54, 1.807) is 37.1 Å². The minimum atomic E-state index is -0.955. The van der Waals surface area contributed by atoms with Crippen molar-refractivity contribution in [3.63, 3.8) is 0 Å². The van der Waals surface area contributed by atoms with Crippen LogP contribution >= 0.6 is 0 Å². The number of aliphatic hydroxyl groups excluding tert-OH is 1. The minimum Gasteiger partial charge on any atom is -0.370 e. The molecular formula is C17H19FN4O2. The van der Waals surface area contributed by atoms with Crippen molar-refractivity contribution in [2.24, 2.45) is 16.5 Å². The Morgan fingerprint density at radius 3 is 2.38 bits per heavy atom. The summed E-state index contributed by atoms with van der Waals surface area (Å²) in [7, 11) is 1.70. The molecule has 1 atom stereocenters. The number of anilines is 1. The largest absolute Gasteiger partial charge is 0.370 e. The van der Waals surface area contributed by atoms with Crippen molar-refractivity contribution in [2.45, 2.75) is 13.2 Å². The Morgan fingerprint density at radius 1 is 1.21 bits per heavy atom. The summed E-state index contributed by atoms with van der Waals surface area (Å²) in [6, 6.07) is 10.5. The first-order chi connectivity index (χ1) is 11.3. The number of hydrogen-bond acceptors (Lipinski definition) is 3. The van der Waals surface area contributed by atoms with E-state index in [0.29, 0.717) is 16.8 Å². The number of nitrogens with zero attached hydrogens (tertiary/aromatic N) is 2. The van der Waals surface area contributed by atoms with E-state index in [2.05, 4.69) is 4.99 Å². The molecule has 2 aromatic carbocycles. The molecule has 0 aromatic heterocycles. The molecule has 5 N–H and O–H groups in total. The molecule has 2 aromatic rings.